The number of nitrogens with one attached hydrogen (secondary N) is 1. The lowest BCUT2D eigenvalue weighted by molar-refractivity contribution is 0.0720. The molecule has 1 amide bonds. The summed E-state index contributed by atoms with van der Waals surface area (Å²) >= 11 is 5.38. The van der Waals surface area contributed by atoms with Gasteiger partial charge >= 0.3 is 6.09 Å². The molecule has 2 heterocycles. The lowest BCUT2D eigenvalue weighted by atomic mass is 10.0. The molecule has 8 nitrogen and oxygen atoms in total. The van der Waals surface area contributed by atoms with Gasteiger partial charge in [-0.3, -0.25) is 4.90 Å². The van der Waals surface area contributed by atoms with E-state index in [1.807, 2.05) is 32.9 Å². The molecule has 1 saturated carbocycles. The molecule has 2 aromatic heterocycles. The molecule has 0 spiro atoms. The maximum atomic E-state index is 11.8. The number of amides is 1. The molecule has 28 heavy (non-hydrogen) atoms. The summed E-state index contributed by atoms with van der Waals surface area (Å²) in [5.41, 5.74) is 0.242. The minimum Gasteiger partial charge on any atom is -0.465 e. The summed E-state index contributed by atoms with van der Waals surface area (Å²) in [6.07, 6.45) is 5.53. The Kier molecular flexibility index (Phi) is 5.64. The summed E-state index contributed by atoms with van der Waals surface area (Å²) < 4.78 is 1.57. The van der Waals surface area contributed by atoms with Crippen LogP contribution in [0.4, 0.5) is 10.5 Å². The molecule has 1 unspecified atom stereocenters. The Hall–Kier alpha value is -2.55. The number of aromatic nitrogens is 4. The van der Waals surface area contributed by atoms with Crippen molar-refractivity contribution >= 4 is 29.0 Å². The topological polar surface area (TPSA) is 96.2 Å². The monoisotopic (exact) mass is 402 g/mol. The molecule has 0 radical (unpaired) electrons. The summed E-state index contributed by atoms with van der Waals surface area (Å²) in [6, 6.07) is 3.21. The average Bonchev–Trinajstić information content (AvgIpc) is 3.25. The van der Waals surface area contributed by atoms with Crippen molar-refractivity contribution in [1.82, 2.24) is 24.6 Å². The van der Waals surface area contributed by atoms with Gasteiger partial charge in [0.2, 0.25) is 0 Å². The van der Waals surface area contributed by atoms with Crippen LogP contribution >= 0.6 is 12.2 Å². The lowest BCUT2D eigenvalue weighted by Gasteiger charge is -2.37. The molecule has 0 bridgehead atoms. The zero-order valence-corrected chi connectivity index (χ0v) is 17.4. The smallest absolute Gasteiger partial charge is 0.408 e. The molecule has 0 saturated heterocycles. The molecular formula is C19H26N6O2S. The minimum absolute atomic E-state index is 0.495. The number of anilines is 1. The quantitative estimate of drug-likeness (QED) is 0.704. The van der Waals surface area contributed by atoms with Crippen molar-refractivity contribution in [3.05, 3.63) is 30.5 Å². The molecule has 2 aromatic rings. The second kappa shape index (κ2) is 7.83. The van der Waals surface area contributed by atoms with Gasteiger partial charge < -0.3 is 10.4 Å². The van der Waals surface area contributed by atoms with E-state index >= 15 is 0 Å². The number of hydrogen-bond acceptors (Lipinski definition) is 5. The zero-order valence-electron chi connectivity index (χ0n) is 16.6. The number of nitrogens with zero attached hydrogens (tertiary/aromatic N) is 5. The van der Waals surface area contributed by atoms with Crippen LogP contribution in [0.2, 0.25) is 0 Å². The third kappa shape index (κ3) is 4.64. The van der Waals surface area contributed by atoms with Crippen LogP contribution in [-0.4, -0.2) is 46.4 Å². The minimum atomic E-state index is -1.01. The van der Waals surface area contributed by atoms with Crippen molar-refractivity contribution in [2.45, 2.75) is 58.5 Å². The third-order valence-corrected chi connectivity index (χ3v) is 4.95. The fourth-order valence-corrected chi connectivity index (χ4v) is 3.60. The van der Waals surface area contributed by atoms with Gasteiger partial charge in [-0.05, 0) is 58.6 Å². The van der Waals surface area contributed by atoms with E-state index in [0.717, 1.165) is 23.0 Å². The normalized spacial score (nSPS) is 15.1. The van der Waals surface area contributed by atoms with E-state index in [0.29, 0.717) is 11.6 Å². The molecule has 1 fully saturated rings. The van der Waals surface area contributed by atoms with Gasteiger partial charge in [0, 0.05) is 12.0 Å². The van der Waals surface area contributed by atoms with E-state index in [1.54, 1.807) is 17.8 Å². The van der Waals surface area contributed by atoms with Gasteiger partial charge in [0.25, 0.3) is 0 Å². The molecule has 2 N–H and O–H groups in total. The highest BCUT2D eigenvalue weighted by atomic mass is 32.1. The number of hydrogen-bond donors (Lipinski definition) is 2. The van der Waals surface area contributed by atoms with Crippen LogP contribution in [-0.2, 0) is 0 Å². The molecule has 9 heteroatoms. The molecule has 0 aromatic carbocycles. The standard InChI is InChI=1S/C19H26N6O2S/c1-12(24(18(26)27)19(2,3)4)17-21-11-22-25(17)15-8-7-14(10-20-15)23-16(28)9-13-5-6-13/h7-8,10-13H,5-6,9H2,1-4H3,(H,23,28)(H,26,27). The van der Waals surface area contributed by atoms with E-state index in [-0.39, 0.29) is 0 Å². The van der Waals surface area contributed by atoms with Crippen molar-refractivity contribution in [3.8, 4) is 5.82 Å². The van der Waals surface area contributed by atoms with Gasteiger partial charge in [-0.2, -0.15) is 9.78 Å². The third-order valence-electron chi connectivity index (χ3n) is 4.68. The van der Waals surface area contributed by atoms with Gasteiger partial charge in [-0.25, -0.2) is 14.8 Å². The number of rotatable bonds is 6. The van der Waals surface area contributed by atoms with Crippen LogP contribution in [0.3, 0.4) is 0 Å². The fourth-order valence-electron chi connectivity index (χ4n) is 3.24. The summed E-state index contributed by atoms with van der Waals surface area (Å²) in [7, 11) is 0. The first-order chi connectivity index (χ1) is 13.2. The van der Waals surface area contributed by atoms with E-state index in [4.69, 9.17) is 12.2 Å². The van der Waals surface area contributed by atoms with E-state index < -0.39 is 17.7 Å². The molecule has 1 aliphatic carbocycles. The number of carbonyl (C=O) groups is 1. The molecule has 3 rings (SSSR count). The summed E-state index contributed by atoms with van der Waals surface area (Å²) in [6.45, 7) is 7.34. The van der Waals surface area contributed by atoms with E-state index in [2.05, 4.69) is 20.4 Å². The molecule has 0 aliphatic heterocycles. The Morgan fingerprint density at radius 2 is 2.11 bits per heavy atom. The molecule has 150 valence electrons. The average molecular weight is 403 g/mol. The van der Waals surface area contributed by atoms with E-state index in [9.17, 15) is 9.90 Å². The van der Waals surface area contributed by atoms with Crippen molar-refractivity contribution in [1.29, 1.82) is 0 Å². The number of carboxylic acid groups (broad SMARTS) is 1. The highest BCUT2D eigenvalue weighted by molar-refractivity contribution is 7.80. The van der Waals surface area contributed by atoms with Crippen LogP contribution in [0.1, 0.15) is 58.8 Å². The van der Waals surface area contributed by atoms with Crippen LogP contribution in [0, 0.1) is 5.92 Å². The maximum Gasteiger partial charge on any atom is 0.408 e. The van der Waals surface area contributed by atoms with Gasteiger partial charge in [-0.1, -0.05) is 12.2 Å². The van der Waals surface area contributed by atoms with E-state index in [1.165, 1.54) is 24.1 Å². The highest BCUT2D eigenvalue weighted by Crippen LogP contribution is 2.33. The predicted octanol–water partition coefficient (Wildman–Crippen LogP) is 4.04. The highest BCUT2D eigenvalue weighted by Gasteiger charge is 2.34. The fraction of sp³-hybridized carbons (Fsp3) is 0.526. The Morgan fingerprint density at radius 3 is 2.64 bits per heavy atom. The SMILES string of the molecule is CC(c1ncnn1-c1ccc(NC(=S)CC2CC2)cn1)N(C(=O)O)C(C)(C)C. The van der Waals surface area contributed by atoms with Crippen LogP contribution in [0.15, 0.2) is 24.7 Å². The second-order valence-electron chi connectivity index (χ2n) is 8.13. The first-order valence-electron chi connectivity index (χ1n) is 9.35. The van der Waals surface area contributed by atoms with Crippen molar-refractivity contribution < 1.29 is 9.90 Å². The number of pyridine rings is 1. The Morgan fingerprint density at radius 1 is 1.39 bits per heavy atom. The van der Waals surface area contributed by atoms with Gasteiger partial charge in [0.1, 0.15) is 6.33 Å². The first-order valence-corrected chi connectivity index (χ1v) is 9.76. The van der Waals surface area contributed by atoms with Crippen molar-refractivity contribution in [2.75, 3.05) is 5.32 Å². The van der Waals surface area contributed by atoms with Gasteiger partial charge in [0.05, 0.1) is 22.9 Å². The number of thiocarbonyl (C=S) groups is 1. The van der Waals surface area contributed by atoms with Gasteiger partial charge in [0.15, 0.2) is 11.6 Å². The lowest BCUT2D eigenvalue weighted by Crippen LogP contribution is -2.47. The van der Waals surface area contributed by atoms with Crippen molar-refractivity contribution in [3.63, 3.8) is 0 Å². The van der Waals surface area contributed by atoms with Gasteiger partial charge in [-0.15, -0.1) is 0 Å². The summed E-state index contributed by atoms with van der Waals surface area (Å²) in [5, 5.41) is 17.1. The van der Waals surface area contributed by atoms with Crippen LogP contribution in [0.25, 0.3) is 5.82 Å². The zero-order chi connectivity index (χ0) is 20.5. The Balaban J connectivity index is 1.78. The predicted molar refractivity (Wildman–Crippen MR) is 111 cm³/mol. The maximum absolute atomic E-state index is 11.8. The molecular weight excluding hydrogens is 376 g/mol. The summed E-state index contributed by atoms with van der Waals surface area (Å²) in [5.74, 6) is 1.80. The van der Waals surface area contributed by atoms with Crippen LogP contribution in [0.5, 0.6) is 0 Å². The second-order valence-corrected chi connectivity index (χ2v) is 8.62. The molecule has 1 atom stereocenters. The summed E-state index contributed by atoms with van der Waals surface area (Å²) in [4.78, 5) is 22.7. The Bertz CT molecular complexity index is 854. The molecule has 1 aliphatic rings. The van der Waals surface area contributed by atoms with Crippen molar-refractivity contribution in [2.24, 2.45) is 5.92 Å². The first kappa shape index (κ1) is 20.2. The largest absolute Gasteiger partial charge is 0.465 e. The van der Waals surface area contributed by atoms with Crippen LogP contribution < -0.4 is 5.32 Å². The Labute approximate surface area is 170 Å².